The molecule has 1 heterocycles. The van der Waals surface area contributed by atoms with E-state index in [0.717, 1.165) is 10.5 Å². The van der Waals surface area contributed by atoms with Crippen LogP contribution in [0.25, 0.3) is 0 Å². The van der Waals surface area contributed by atoms with Gasteiger partial charge in [-0.25, -0.2) is 9.69 Å². The first-order valence-electron chi connectivity index (χ1n) is 14.5. The fraction of sp³-hybridized carbons (Fsp3) is 0.467. The van der Waals surface area contributed by atoms with E-state index in [1.165, 1.54) is 20.8 Å². The van der Waals surface area contributed by atoms with Gasteiger partial charge in [-0.3, -0.25) is 39.1 Å². The van der Waals surface area contributed by atoms with Gasteiger partial charge >= 0.3 is 11.9 Å². The van der Waals surface area contributed by atoms with Gasteiger partial charge in [-0.2, -0.15) is 4.98 Å². The number of carbonyl (C=O) groups is 6. The molecular formula is C30H40N6O9. The smallest absolute Gasteiger partial charge is 0.328 e. The Hall–Kier alpha value is -5.08. The SMILES string of the molecule is CCOC(=O)CC[C@@H](NC(=O)c1ccc(NCCCc2c(N(C(C)=O)C(C)=O)nc(NC(C)=O)[nH]c2=O)c(C)c1)C(=O)OCC. The molecule has 0 aliphatic carbocycles. The van der Waals surface area contributed by atoms with E-state index in [2.05, 4.69) is 25.9 Å². The van der Waals surface area contributed by atoms with Crippen molar-refractivity contribution in [3.05, 3.63) is 45.2 Å². The normalized spacial score (nSPS) is 11.2. The number of aromatic nitrogens is 2. The quantitative estimate of drug-likeness (QED) is 0.166. The number of nitrogens with zero attached hydrogens (tertiary/aromatic N) is 2. The second-order valence-electron chi connectivity index (χ2n) is 9.95. The van der Waals surface area contributed by atoms with Gasteiger partial charge in [0.25, 0.3) is 11.5 Å². The highest BCUT2D eigenvalue weighted by molar-refractivity contribution is 6.13. The van der Waals surface area contributed by atoms with Gasteiger partial charge in [-0.1, -0.05) is 0 Å². The van der Waals surface area contributed by atoms with Gasteiger partial charge in [0, 0.05) is 45.0 Å². The predicted molar refractivity (Wildman–Crippen MR) is 165 cm³/mol. The minimum absolute atomic E-state index is 0.0225. The summed E-state index contributed by atoms with van der Waals surface area (Å²) >= 11 is 0. The molecule has 0 bridgehead atoms. The van der Waals surface area contributed by atoms with Crippen LogP contribution in [0.2, 0.25) is 0 Å². The van der Waals surface area contributed by atoms with Gasteiger partial charge in [0.05, 0.1) is 18.8 Å². The number of aryl methyl sites for hydroxylation is 1. The van der Waals surface area contributed by atoms with Gasteiger partial charge in [-0.15, -0.1) is 0 Å². The number of esters is 2. The number of nitrogens with one attached hydrogen (secondary N) is 4. The van der Waals surface area contributed by atoms with Crippen molar-refractivity contribution in [3.63, 3.8) is 0 Å². The third-order valence-electron chi connectivity index (χ3n) is 6.36. The molecule has 0 unspecified atom stereocenters. The zero-order valence-corrected chi connectivity index (χ0v) is 26.3. The van der Waals surface area contributed by atoms with E-state index < -0.39 is 47.2 Å². The Kier molecular flexibility index (Phi) is 13.9. The number of anilines is 3. The Morgan fingerprint density at radius 3 is 2.24 bits per heavy atom. The second-order valence-corrected chi connectivity index (χ2v) is 9.95. The van der Waals surface area contributed by atoms with Crippen molar-refractivity contribution in [3.8, 4) is 0 Å². The van der Waals surface area contributed by atoms with Crippen LogP contribution in [0.4, 0.5) is 17.5 Å². The van der Waals surface area contributed by atoms with Crippen molar-refractivity contribution in [2.45, 2.75) is 73.3 Å². The summed E-state index contributed by atoms with van der Waals surface area (Å²) < 4.78 is 9.94. The molecule has 0 saturated carbocycles. The lowest BCUT2D eigenvalue weighted by atomic mass is 10.1. The van der Waals surface area contributed by atoms with Gasteiger partial charge < -0.3 is 20.1 Å². The van der Waals surface area contributed by atoms with Crippen LogP contribution >= 0.6 is 0 Å². The molecule has 0 aliphatic rings. The first-order valence-corrected chi connectivity index (χ1v) is 14.5. The molecule has 0 saturated heterocycles. The Morgan fingerprint density at radius 2 is 1.67 bits per heavy atom. The molecule has 0 spiro atoms. The predicted octanol–water partition coefficient (Wildman–Crippen LogP) is 1.99. The highest BCUT2D eigenvalue weighted by Crippen LogP contribution is 2.20. The fourth-order valence-electron chi connectivity index (χ4n) is 4.36. The monoisotopic (exact) mass is 628 g/mol. The maximum atomic E-state index is 12.9. The minimum atomic E-state index is -1.03. The van der Waals surface area contributed by atoms with Crippen LogP contribution in [0.5, 0.6) is 0 Å². The molecule has 0 radical (unpaired) electrons. The fourth-order valence-corrected chi connectivity index (χ4v) is 4.36. The van der Waals surface area contributed by atoms with Gasteiger partial charge in [0.2, 0.25) is 23.7 Å². The number of ether oxygens (including phenoxy) is 2. The molecule has 45 heavy (non-hydrogen) atoms. The average molecular weight is 629 g/mol. The summed E-state index contributed by atoms with van der Waals surface area (Å²) in [5.74, 6) is -3.77. The summed E-state index contributed by atoms with van der Waals surface area (Å²) in [5, 5.41) is 8.21. The first-order chi connectivity index (χ1) is 21.3. The summed E-state index contributed by atoms with van der Waals surface area (Å²) in [4.78, 5) is 93.2. The Morgan fingerprint density at radius 1 is 1.00 bits per heavy atom. The summed E-state index contributed by atoms with van der Waals surface area (Å²) in [7, 11) is 0. The van der Waals surface area contributed by atoms with Crippen LogP contribution in [0.3, 0.4) is 0 Å². The molecular weight excluding hydrogens is 588 g/mol. The Balaban J connectivity index is 2.12. The summed E-state index contributed by atoms with van der Waals surface area (Å²) in [6.07, 6.45) is 0.492. The molecule has 2 rings (SSSR count). The van der Waals surface area contributed by atoms with E-state index in [4.69, 9.17) is 9.47 Å². The highest BCUT2D eigenvalue weighted by Gasteiger charge is 2.25. The Bertz CT molecular complexity index is 1470. The molecule has 1 aromatic heterocycles. The van der Waals surface area contributed by atoms with Crippen LogP contribution in [0.1, 0.15) is 75.4 Å². The van der Waals surface area contributed by atoms with E-state index in [1.807, 2.05) is 0 Å². The molecule has 15 heteroatoms. The van der Waals surface area contributed by atoms with E-state index in [9.17, 15) is 33.6 Å². The standard InChI is InChI=1S/C30H40N6O9/c1-7-44-25(40)14-13-24(29(43)45-8-2)33-27(41)21-11-12-23(17(3)16-21)31-15-9-10-22-26(36(19(5)38)20(6)39)34-30(32-18(4)37)35-28(22)42/h11-12,16,24,31H,7-10,13-15H2,1-6H3,(H,33,41)(H2,32,34,35,37,42)/t24-/m1/s1. The van der Waals surface area contributed by atoms with Gasteiger partial charge in [-0.05, 0) is 63.8 Å². The summed E-state index contributed by atoms with van der Waals surface area (Å²) in [5.41, 5.74) is 1.21. The number of rotatable bonds is 15. The lowest BCUT2D eigenvalue weighted by Gasteiger charge is -2.20. The molecule has 4 N–H and O–H groups in total. The van der Waals surface area contributed by atoms with Crippen LogP contribution in [-0.2, 0) is 39.9 Å². The molecule has 0 fully saturated rings. The van der Waals surface area contributed by atoms with Crippen molar-refractivity contribution in [1.29, 1.82) is 0 Å². The number of hydrogen-bond donors (Lipinski definition) is 4. The summed E-state index contributed by atoms with van der Waals surface area (Å²) in [6, 6.07) is 3.87. The number of benzene rings is 1. The third-order valence-corrected chi connectivity index (χ3v) is 6.36. The number of hydrogen-bond acceptors (Lipinski definition) is 11. The second kappa shape index (κ2) is 17.3. The van der Waals surface area contributed by atoms with E-state index in [1.54, 1.807) is 39.0 Å². The van der Waals surface area contributed by atoms with E-state index in [-0.39, 0.29) is 49.8 Å². The molecule has 1 aromatic carbocycles. The first kappa shape index (κ1) is 36.1. The molecule has 1 atom stereocenters. The zero-order valence-electron chi connectivity index (χ0n) is 26.3. The zero-order chi connectivity index (χ0) is 33.7. The lowest BCUT2D eigenvalue weighted by molar-refractivity contribution is -0.147. The van der Waals surface area contributed by atoms with Crippen LogP contribution in [-0.4, -0.2) is 71.3 Å². The topological polar surface area (TPSA) is 206 Å². The van der Waals surface area contributed by atoms with E-state index >= 15 is 0 Å². The molecule has 4 amide bonds. The van der Waals surface area contributed by atoms with Crippen molar-refractivity contribution in [2.24, 2.45) is 0 Å². The highest BCUT2D eigenvalue weighted by atomic mass is 16.5. The maximum Gasteiger partial charge on any atom is 0.328 e. The van der Waals surface area contributed by atoms with Crippen molar-refractivity contribution >= 4 is 53.0 Å². The molecule has 15 nitrogen and oxygen atoms in total. The average Bonchev–Trinajstić information content (AvgIpc) is 2.94. The number of H-pyrrole nitrogens is 1. The number of carbonyl (C=O) groups excluding carboxylic acids is 6. The number of amides is 4. The molecule has 2 aromatic rings. The molecule has 0 aliphatic heterocycles. The van der Waals surface area contributed by atoms with Gasteiger partial charge in [0.1, 0.15) is 6.04 Å². The third kappa shape index (κ3) is 10.9. The molecule has 244 valence electrons. The maximum absolute atomic E-state index is 12.9. The lowest BCUT2D eigenvalue weighted by Crippen LogP contribution is -2.42. The van der Waals surface area contributed by atoms with Crippen LogP contribution < -0.4 is 26.4 Å². The van der Waals surface area contributed by atoms with Crippen LogP contribution in [0, 0.1) is 6.92 Å². The van der Waals surface area contributed by atoms with Crippen molar-refractivity contribution in [2.75, 3.05) is 35.3 Å². The van der Waals surface area contributed by atoms with E-state index in [0.29, 0.717) is 24.2 Å². The number of imide groups is 1. The number of aromatic amines is 1. The Labute approximate surface area is 260 Å². The van der Waals surface area contributed by atoms with Crippen LogP contribution in [0.15, 0.2) is 23.0 Å². The van der Waals surface area contributed by atoms with Crippen molar-refractivity contribution in [1.82, 2.24) is 15.3 Å². The van der Waals surface area contributed by atoms with Gasteiger partial charge in [0.15, 0.2) is 5.82 Å². The van der Waals surface area contributed by atoms with Crippen molar-refractivity contribution < 1.29 is 38.2 Å². The minimum Gasteiger partial charge on any atom is -0.466 e. The summed E-state index contributed by atoms with van der Waals surface area (Å²) in [6.45, 7) is 9.35. The largest absolute Gasteiger partial charge is 0.466 e.